The molecule has 122 valence electrons. The summed E-state index contributed by atoms with van der Waals surface area (Å²) in [4.78, 5) is 14.1. The van der Waals surface area contributed by atoms with Crippen molar-refractivity contribution in [1.82, 2.24) is 10.2 Å². The number of amides is 2. The summed E-state index contributed by atoms with van der Waals surface area (Å²) < 4.78 is 0. The third-order valence-corrected chi connectivity index (χ3v) is 4.59. The molecular weight excluding hydrogens is 325 g/mol. The number of piperidine rings is 1. The topological polar surface area (TPSA) is 64.6 Å². The van der Waals surface area contributed by atoms with Crippen molar-refractivity contribution in [3.8, 4) is 0 Å². The molecule has 0 spiro atoms. The maximum absolute atomic E-state index is 11.9. The zero-order valence-corrected chi connectivity index (χ0v) is 13.8. The predicted molar refractivity (Wildman–Crippen MR) is 89.7 cm³/mol. The number of aliphatic hydroxyl groups is 1. The Morgan fingerprint density at radius 3 is 2.64 bits per heavy atom. The molecule has 0 saturated carbocycles. The second kappa shape index (κ2) is 8.58. The van der Waals surface area contributed by atoms with E-state index in [1.54, 1.807) is 18.2 Å². The molecule has 22 heavy (non-hydrogen) atoms. The van der Waals surface area contributed by atoms with Gasteiger partial charge in [-0.15, -0.1) is 0 Å². The Hall–Kier alpha value is -1.01. The first kappa shape index (κ1) is 17.3. The van der Waals surface area contributed by atoms with Crippen LogP contribution in [0.1, 0.15) is 12.8 Å². The van der Waals surface area contributed by atoms with E-state index >= 15 is 0 Å². The van der Waals surface area contributed by atoms with E-state index in [0.29, 0.717) is 28.2 Å². The number of hydrogen-bond acceptors (Lipinski definition) is 3. The van der Waals surface area contributed by atoms with Crippen LogP contribution in [0.3, 0.4) is 0 Å². The maximum atomic E-state index is 11.9. The average molecular weight is 346 g/mol. The molecule has 2 rings (SSSR count). The van der Waals surface area contributed by atoms with Gasteiger partial charge in [-0.3, -0.25) is 0 Å². The monoisotopic (exact) mass is 345 g/mol. The van der Waals surface area contributed by atoms with Crippen molar-refractivity contribution < 1.29 is 9.90 Å². The first-order valence-electron chi connectivity index (χ1n) is 7.41. The van der Waals surface area contributed by atoms with E-state index in [-0.39, 0.29) is 12.6 Å². The van der Waals surface area contributed by atoms with Gasteiger partial charge in [0.1, 0.15) is 0 Å². The molecule has 0 radical (unpaired) electrons. The van der Waals surface area contributed by atoms with Gasteiger partial charge in [0, 0.05) is 18.8 Å². The molecule has 1 aromatic rings. The number of urea groups is 1. The van der Waals surface area contributed by atoms with Crippen molar-refractivity contribution in [3.63, 3.8) is 0 Å². The third-order valence-electron chi connectivity index (χ3n) is 3.85. The van der Waals surface area contributed by atoms with Crippen molar-refractivity contribution in [2.75, 3.05) is 38.1 Å². The number of rotatable bonds is 5. The van der Waals surface area contributed by atoms with Gasteiger partial charge in [-0.2, -0.15) is 0 Å². The molecular formula is C15H21Cl2N3O2. The number of halogens is 2. The van der Waals surface area contributed by atoms with Gasteiger partial charge in [-0.05, 0) is 50.0 Å². The summed E-state index contributed by atoms with van der Waals surface area (Å²) in [7, 11) is 0. The van der Waals surface area contributed by atoms with Crippen molar-refractivity contribution in [3.05, 3.63) is 28.2 Å². The van der Waals surface area contributed by atoms with Crippen LogP contribution >= 0.6 is 23.2 Å². The smallest absolute Gasteiger partial charge is 0.319 e. The first-order valence-corrected chi connectivity index (χ1v) is 8.17. The number of likely N-dealkylation sites (tertiary alicyclic amines) is 1. The molecule has 2 amide bonds. The lowest BCUT2D eigenvalue weighted by atomic mass is 9.97. The second-order valence-corrected chi connectivity index (χ2v) is 6.29. The van der Waals surface area contributed by atoms with Crippen LogP contribution in [0.5, 0.6) is 0 Å². The van der Waals surface area contributed by atoms with E-state index in [1.807, 2.05) is 0 Å². The largest absolute Gasteiger partial charge is 0.395 e. The zero-order valence-electron chi connectivity index (χ0n) is 12.3. The van der Waals surface area contributed by atoms with E-state index in [0.717, 1.165) is 32.5 Å². The highest BCUT2D eigenvalue weighted by molar-refractivity contribution is 6.42. The Bertz CT molecular complexity index is 506. The van der Waals surface area contributed by atoms with Gasteiger partial charge >= 0.3 is 6.03 Å². The average Bonchev–Trinajstić information content (AvgIpc) is 2.51. The van der Waals surface area contributed by atoms with Gasteiger partial charge in [-0.1, -0.05) is 23.2 Å². The van der Waals surface area contributed by atoms with Gasteiger partial charge in [0.15, 0.2) is 0 Å². The SMILES string of the molecule is O=C(NCC1CCN(CCO)CC1)Nc1ccc(Cl)c(Cl)c1. The van der Waals surface area contributed by atoms with Crippen LogP contribution in [0.4, 0.5) is 10.5 Å². The summed E-state index contributed by atoms with van der Waals surface area (Å²) in [5.41, 5.74) is 0.615. The molecule has 1 fully saturated rings. The van der Waals surface area contributed by atoms with Crippen molar-refractivity contribution >= 4 is 34.9 Å². The second-order valence-electron chi connectivity index (χ2n) is 5.47. The number of aliphatic hydroxyl groups excluding tert-OH is 1. The summed E-state index contributed by atoms with van der Waals surface area (Å²) in [5, 5.41) is 15.4. The minimum atomic E-state index is -0.240. The van der Waals surface area contributed by atoms with Crippen LogP contribution in [0.25, 0.3) is 0 Å². The highest BCUT2D eigenvalue weighted by atomic mass is 35.5. The molecule has 1 saturated heterocycles. The van der Waals surface area contributed by atoms with E-state index in [1.165, 1.54) is 0 Å². The molecule has 0 aliphatic carbocycles. The summed E-state index contributed by atoms with van der Waals surface area (Å²) in [5.74, 6) is 0.481. The third kappa shape index (κ3) is 5.32. The highest BCUT2D eigenvalue weighted by Gasteiger charge is 2.19. The number of β-amino-alcohol motifs (C(OH)–C–C–N with tert-alkyl or cyclic N) is 1. The number of carbonyl (C=O) groups excluding carboxylic acids is 1. The van der Waals surface area contributed by atoms with Gasteiger partial charge in [0.25, 0.3) is 0 Å². The van der Waals surface area contributed by atoms with Crippen molar-refractivity contribution in [2.24, 2.45) is 5.92 Å². The molecule has 1 aromatic carbocycles. The van der Waals surface area contributed by atoms with E-state index in [9.17, 15) is 4.79 Å². The fourth-order valence-corrected chi connectivity index (χ4v) is 2.84. The zero-order chi connectivity index (χ0) is 15.9. The molecule has 7 heteroatoms. The molecule has 0 aromatic heterocycles. The molecule has 0 atom stereocenters. The molecule has 1 aliphatic heterocycles. The molecule has 0 unspecified atom stereocenters. The Balaban J connectivity index is 1.71. The summed E-state index contributed by atoms with van der Waals surface area (Å²) >= 11 is 11.7. The maximum Gasteiger partial charge on any atom is 0.319 e. The highest BCUT2D eigenvalue weighted by Crippen LogP contribution is 2.25. The quantitative estimate of drug-likeness (QED) is 0.768. The lowest BCUT2D eigenvalue weighted by Crippen LogP contribution is -2.40. The predicted octanol–water partition coefficient (Wildman–Crippen LogP) is 2.82. The molecule has 3 N–H and O–H groups in total. The Labute approximate surface area is 140 Å². The van der Waals surface area contributed by atoms with Crippen LogP contribution in [0.15, 0.2) is 18.2 Å². The van der Waals surface area contributed by atoms with Gasteiger partial charge in [0.05, 0.1) is 16.7 Å². The number of anilines is 1. The lowest BCUT2D eigenvalue weighted by molar-refractivity contribution is 0.147. The van der Waals surface area contributed by atoms with Crippen LogP contribution in [0.2, 0.25) is 10.0 Å². The van der Waals surface area contributed by atoms with Crippen molar-refractivity contribution in [2.45, 2.75) is 12.8 Å². The van der Waals surface area contributed by atoms with Crippen LogP contribution < -0.4 is 10.6 Å². The fourth-order valence-electron chi connectivity index (χ4n) is 2.54. The molecule has 5 nitrogen and oxygen atoms in total. The Morgan fingerprint density at radius 2 is 2.00 bits per heavy atom. The lowest BCUT2D eigenvalue weighted by Gasteiger charge is -2.31. The normalized spacial score (nSPS) is 16.5. The molecule has 1 aliphatic rings. The van der Waals surface area contributed by atoms with Gasteiger partial charge in [0.2, 0.25) is 0 Å². The fraction of sp³-hybridized carbons (Fsp3) is 0.533. The van der Waals surface area contributed by atoms with Crippen LogP contribution in [-0.2, 0) is 0 Å². The molecule has 1 heterocycles. The standard InChI is InChI=1S/C15H21Cl2N3O2/c16-13-2-1-12(9-14(13)17)19-15(22)18-10-11-3-5-20(6-4-11)7-8-21/h1-2,9,11,21H,3-8,10H2,(H2,18,19,22). The summed E-state index contributed by atoms with van der Waals surface area (Å²) in [6.45, 7) is 3.54. The van der Waals surface area contributed by atoms with Gasteiger partial charge in [-0.25, -0.2) is 4.79 Å². The van der Waals surface area contributed by atoms with Crippen molar-refractivity contribution in [1.29, 1.82) is 0 Å². The minimum absolute atomic E-state index is 0.203. The Kier molecular flexibility index (Phi) is 6.76. The first-order chi connectivity index (χ1) is 10.6. The Morgan fingerprint density at radius 1 is 1.27 bits per heavy atom. The minimum Gasteiger partial charge on any atom is -0.395 e. The van der Waals surface area contributed by atoms with Gasteiger partial charge < -0.3 is 20.6 Å². The number of carbonyl (C=O) groups is 1. The number of benzene rings is 1. The van der Waals surface area contributed by atoms with Crippen LogP contribution in [0, 0.1) is 5.92 Å². The number of hydrogen-bond donors (Lipinski definition) is 3. The van der Waals surface area contributed by atoms with Crippen LogP contribution in [-0.4, -0.2) is 48.8 Å². The van der Waals surface area contributed by atoms with E-state index < -0.39 is 0 Å². The summed E-state index contributed by atoms with van der Waals surface area (Å²) in [6.07, 6.45) is 2.07. The number of nitrogens with one attached hydrogen (secondary N) is 2. The molecule has 0 bridgehead atoms. The van der Waals surface area contributed by atoms with E-state index in [2.05, 4.69) is 15.5 Å². The summed E-state index contributed by atoms with van der Waals surface area (Å²) in [6, 6.07) is 4.74. The van der Waals surface area contributed by atoms with E-state index in [4.69, 9.17) is 28.3 Å². The number of nitrogens with zero attached hydrogens (tertiary/aromatic N) is 1.